The van der Waals surface area contributed by atoms with E-state index in [4.69, 9.17) is 28.9 Å². The molecular weight excluding hydrogens is 474 g/mol. The zero-order chi connectivity index (χ0) is 23.0. The maximum absolute atomic E-state index is 13.8. The van der Waals surface area contributed by atoms with Crippen LogP contribution in [0.3, 0.4) is 0 Å². The predicted molar refractivity (Wildman–Crippen MR) is 108 cm³/mol. The van der Waals surface area contributed by atoms with Gasteiger partial charge < -0.3 is 11.1 Å². The van der Waals surface area contributed by atoms with Gasteiger partial charge in [0, 0.05) is 6.20 Å². The normalized spacial score (nSPS) is 11.5. The van der Waals surface area contributed by atoms with Crippen LogP contribution in [0.5, 0.6) is 0 Å². The molecule has 4 aromatic rings. The summed E-state index contributed by atoms with van der Waals surface area (Å²) in [5.41, 5.74) is 3.53. The Kier molecular flexibility index (Phi) is 5.44. The van der Waals surface area contributed by atoms with Crippen LogP contribution in [0.15, 0.2) is 43.1 Å². The number of amides is 1. The van der Waals surface area contributed by atoms with E-state index in [9.17, 15) is 18.0 Å². The van der Waals surface area contributed by atoms with Gasteiger partial charge in [0.1, 0.15) is 5.02 Å². The largest absolute Gasteiger partial charge is 0.434 e. The van der Waals surface area contributed by atoms with Gasteiger partial charge in [0.2, 0.25) is 0 Å². The Hall–Kier alpha value is -3.71. The van der Waals surface area contributed by atoms with Gasteiger partial charge in [0.05, 0.1) is 46.7 Å². The van der Waals surface area contributed by atoms with Gasteiger partial charge in [-0.05, 0) is 12.1 Å². The SMILES string of the molecule is Nc1ccnc(-n2ncc(C(=O)Nc3cnc(-n4nccn4)c(Cl)c3)c2C(F)(F)F)c1Cl. The molecule has 0 aliphatic heterocycles. The predicted octanol–water partition coefficient (Wildman–Crippen LogP) is 3.40. The molecule has 0 saturated carbocycles. The number of aromatic nitrogens is 7. The highest BCUT2D eigenvalue weighted by molar-refractivity contribution is 6.34. The number of nitrogen functional groups attached to an aromatic ring is 1. The fourth-order valence-corrected chi connectivity index (χ4v) is 3.15. The third kappa shape index (κ3) is 3.94. The van der Waals surface area contributed by atoms with E-state index in [1.54, 1.807) is 0 Å². The number of nitrogens with one attached hydrogen (secondary N) is 1. The van der Waals surface area contributed by atoms with Crippen molar-refractivity contribution in [3.05, 3.63) is 64.4 Å². The van der Waals surface area contributed by atoms with Crippen LogP contribution < -0.4 is 11.1 Å². The molecule has 15 heteroatoms. The first-order valence-corrected chi connectivity index (χ1v) is 9.31. The summed E-state index contributed by atoms with van der Waals surface area (Å²) < 4.78 is 41.9. The summed E-state index contributed by atoms with van der Waals surface area (Å²) in [6.45, 7) is 0. The lowest BCUT2D eigenvalue weighted by molar-refractivity contribution is -0.143. The number of nitrogens with two attached hydrogens (primary N) is 1. The second kappa shape index (κ2) is 8.09. The number of halogens is 5. The van der Waals surface area contributed by atoms with E-state index in [-0.39, 0.29) is 33.1 Å². The maximum Gasteiger partial charge on any atom is 0.434 e. The average molecular weight is 484 g/mol. The van der Waals surface area contributed by atoms with Crippen molar-refractivity contribution >= 4 is 40.5 Å². The van der Waals surface area contributed by atoms with Crippen LogP contribution in [-0.2, 0) is 6.18 Å². The fourth-order valence-electron chi connectivity index (χ4n) is 2.71. The van der Waals surface area contributed by atoms with Crippen molar-refractivity contribution in [3.8, 4) is 11.6 Å². The topological polar surface area (TPSA) is 129 Å². The van der Waals surface area contributed by atoms with Crippen LogP contribution in [0.4, 0.5) is 24.5 Å². The highest BCUT2D eigenvalue weighted by atomic mass is 35.5. The number of hydrogen-bond donors (Lipinski definition) is 2. The second-order valence-corrected chi connectivity index (χ2v) is 6.94. The zero-order valence-corrected chi connectivity index (χ0v) is 17.1. The summed E-state index contributed by atoms with van der Waals surface area (Å²) in [6, 6.07) is 2.61. The molecule has 0 bridgehead atoms. The lowest BCUT2D eigenvalue weighted by Gasteiger charge is -2.13. The Morgan fingerprint density at radius 2 is 1.75 bits per heavy atom. The second-order valence-electron chi connectivity index (χ2n) is 6.16. The number of nitrogens with zero attached hydrogens (tertiary/aromatic N) is 7. The van der Waals surface area contributed by atoms with Gasteiger partial charge in [-0.15, -0.1) is 4.80 Å². The first-order chi connectivity index (χ1) is 15.2. The third-order valence-electron chi connectivity index (χ3n) is 4.07. The van der Waals surface area contributed by atoms with E-state index >= 15 is 0 Å². The van der Waals surface area contributed by atoms with E-state index in [0.717, 1.165) is 11.0 Å². The smallest absolute Gasteiger partial charge is 0.397 e. The van der Waals surface area contributed by atoms with Gasteiger partial charge in [-0.2, -0.15) is 28.5 Å². The van der Waals surface area contributed by atoms with Crippen molar-refractivity contribution in [1.82, 2.24) is 34.7 Å². The number of alkyl halides is 3. The van der Waals surface area contributed by atoms with E-state index < -0.39 is 23.3 Å². The third-order valence-corrected chi connectivity index (χ3v) is 4.74. The summed E-state index contributed by atoms with van der Waals surface area (Å²) in [5, 5.41) is 13.5. The van der Waals surface area contributed by atoms with Gasteiger partial charge in [0.25, 0.3) is 5.91 Å². The monoisotopic (exact) mass is 483 g/mol. The number of pyridine rings is 2. The molecule has 3 N–H and O–H groups in total. The summed E-state index contributed by atoms with van der Waals surface area (Å²) in [5.74, 6) is -1.31. The molecular formula is C17H10Cl2F3N9O. The highest BCUT2D eigenvalue weighted by Crippen LogP contribution is 2.36. The maximum atomic E-state index is 13.8. The molecule has 4 heterocycles. The van der Waals surface area contributed by atoms with Crippen LogP contribution in [0.25, 0.3) is 11.6 Å². The van der Waals surface area contributed by atoms with Crippen LogP contribution in [-0.4, -0.2) is 40.6 Å². The minimum Gasteiger partial charge on any atom is -0.397 e. The molecule has 32 heavy (non-hydrogen) atoms. The molecule has 4 rings (SSSR count). The number of hydrogen-bond acceptors (Lipinski definition) is 7. The first kappa shape index (κ1) is 21.5. The van der Waals surface area contributed by atoms with Crippen LogP contribution in [0, 0.1) is 0 Å². The molecule has 10 nitrogen and oxygen atoms in total. The van der Waals surface area contributed by atoms with Crippen molar-refractivity contribution in [2.24, 2.45) is 0 Å². The summed E-state index contributed by atoms with van der Waals surface area (Å²) in [6.07, 6.45) is 0.954. The standard InChI is InChI=1S/C17H10Cl2F3N9O/c18-10-5-8(6-25-14(10)31-26-3-4-27-31)29-16(32)9-7-28-30(13(9)17(20,21)22)15-12(19)11(23)1-2-24-15/h1-7H,(H2,23,24)(H,29,32). The highest BCUT2D eigenvalue weighted by Gasteiger charge is 2.41. The molecule has 164 valence electrons. The number of carbonyl (C=O) groups excluding carboxylic acids is 1. The molecule has 0 aliphatic rings. The van der Waals surface area contributed by atoms with Crippen molar-refractivity contribution in [3.63, 3.8) is 0 Å². The minimum absolute atomic E-state index is 0.00114. The van der Waals surface area contributed by atoms with E-state index in [1.807, 2.05) is 0 Å². The molecule has 0 saturated heterocycles. The van der Waals surface area contributed by atoms with Crippen LogP contribution in [0.2, 0.25) is 10.0 Å². The van der Waals surface area contributed by atoms with Crippen molar-refractivity contribution in [2.45, 2.75) is 6.18 Å². The van der Waals surface area contributed by atoms with Gasteiger partial charge in [-0.3, -0.25) is 4.79 Å². The first-order valence-electron chi connectivity index (χ1n) is 8.56. The minimum atomic E-state index is -4.97. The van der Waals surface area contributed by atoms with Crippen molar-refractivity contribution in [2.75, 3.05) is 11.1 Å². The molecule has 0 fully saturated rings. The quantitative estimate of drug-likeness (QED) is 0.454. The Balaban J connectivity index is 1.70. The molecule has 0 spiro atoms. The van der Waals surface area contributed by atoms with Crippen molar-refractivity contribution in [1.29, 1.82) is 0 Å². The molecule has 1 amide bonds. The Labute approximate surface area is 186 Å². The number of rotatable bonds is 4. The van der Waals surface area contributed by atoms with E-state index in [0.29, 0.717) is 4.68 Å². The average Bonchev–Trinajstić information content (AvgIpc) is 3.40. The number of carbonyl (C=O) groups is 1. The summed E-state index contributed by atoms with van der Waals surface area (Å²) in [4.78, 5) is 21.6. The zero-order valence-electron chi connectivity index (χ0n) is 15.5. The van der Waals surface area contributed by atoms with Crippen molar-refractivity contribution < 1.29 is 18.0 Å². The van der Waals surface area contributed by atoms with Crippen LogP contribution in [0.1, 0.15) is 16.1 Å². The summed E-state index contributed by atoms with van der Waals surface area (Å²) >= 11 is 12.1. The molecule has 0 unspecified atom stereocenters. The van der Waals surface area contributed by atoms with Gasteiger partial charge in [-0.1, -0.05) is 23.2 Å². The molecule has 0 aliphatic carbocycles. The van der Waals surface area contributed by atoms with E-state index in [1.165, 1.54) is 36.9 Å². The van der Waals surface area contributed by atoms with Gasteiger partial charge in [-0.25, -0.2) is 14.6 Å². The van der Waals surface area contributed by atoms with Gasteiger partial charge >= 0.3 is 6.18 Å². The van der Waals surface area contributed by atoms with Crippen LogP contribution >= 0.6 is 23.2 Å². The molecule has 0 radical (unpaired) electrons. The summed E-state index contributed by atoms with van der Waals surface area (Å²) in [7, 11) is 0. The Bertz CT molecular complexity index is 1310. The lowest BCUT2D eigenvalue weighted by Crippen LogP contribution is -2.21. The Morgan fingerprint density at radius 1 is 1.03 bits per heavy atom. The lowest BCUT2D eigenvalue weighted by atomic mass is 10.2. The fraction of sp³-hybridized carbons (Fsp3) is 0.0588. The molecule has 0 atom stereocenters. The van der Waals surface area contributed by atoms with Gasteiger partial charge in [0.15, 0.2) is 17.3 Å². The molecule has 4 aromatic heterocycles. The Morgan fingerprint density at radius 3 is 2.41 bits per heavy atom. The van der Waals surface area contributed by atoms with E-state index in [2.05, 4.69) is 30.6 Å². The molecule has 0 aromatic carbocycles. The number of anilines is 2.